The minimum Gasteiger partial charge on any atom is -0.227 e. The number of halogens is 1. The second-order valence-corrected chi connectivity index (χ2v) is 6.02. The maximum absolute atomic E-state index is 6.19. The molecule has 19 heavy (non-hydrogen) atoms. The lowest BCUT2D eigenvalue weighted by Gasteiger charge is -2.06. The van der Waals surface area contributed by atoms with Crippen LogP contribution in [0.2, 0.25) is 5.15 Å². The Labute approximate surface area is 121 Å². The van der Waals surface area contributed by atoms with Crippen molar-refractivity contribution < 1.29 is 0 Å². The third-order valence-electron chi connectivity index (χ3n) is 3.10. The summed E-state index contributed by atoms with van der Waals surface area (Å²) in [4.78, 5) is 8.94. The summed E-state index contributed by atoms with van der Waals surface area (Å²) in [7, 11) is 0. The molecule has 0 unspecified atom stereocenters. The van der Waals surface area contributed by atoms with Crippen molar-refractivity contribution in [3.63, 3.8) is 0 Å². The summed E-state index contributed by atoms with van der Waals surface area (Å²) < 4.78 is 0.948. The van der Waals surface area contributed by atoms with Crippen molar-refractivity contribution in [3.05, 3.63) is 46.4 Å². The highest BCUT2D eigenvalue weighted by molar-refractivity contribution is 7.17. The van der Waals surface area contributed by atoms with Gasteiger partial charge in [0.2, 0.25) is 0 Å². The number of nitrogens with zero attached hydrogens (tertiary/aromatic N) is 2. The number of fused-ring (bicyclic) bond motifs is 1. The van der Waals surface area contributed by atoms with E-state index in [2.05, 4.69) is 48.1 Å². The standard InChI is InChI=1S/C15H13ClN2S/c1-9(2)10-3-5-11(6-4-10)15-17-12-7-8-19-13(12)14(16)18-15/h3-9H,1-2H3. The van der Waals surface area contributed by atoms with Gasteiger partial charge in [-0.2, -0.15) is 0 Å². The molecule has 0 spiro atoms. The van der Waals surface area contributed by atoms with E-state index in [0.717, 1.165) is 15.8 Å². The molecule has 0 amide bonds. The molecule has 3 aromatic rings. The van der Waals surface area contributed by atoms with E-state index >= 15 is 0 Å². The van der Waals surface area contributed by atoms with Gasteiger partial charge < -0.3 is 0 Å². The third-order valence-corrected chi connectivity index (χ3v) is 4.39. The number of benzene rings is 1. The van der Waals surface area contributed by atoms with Crippen LogP contribution in [0.5, 0.6) is 0 Å². The molecular formula is C15H13ClN2S. The molecule has 3 rings (SSSR count). The second kappa shape index (κ2) is 4.91. The first-order valence-electron chi connectivity index (χ1n) is 6.16. The van der Waals surface area contributed by atoms with E-state index in [9.17, 15) is 0 Å². The fraction of sp³-hybridized carbons (Fsp3) is 0.200. The zero-order valence-electron chi connectivity index (χ0n) is 10.7. The molecule has 0 saturated heterocycles. The molecule has 2 nitrogen and oxygen atoms in total. The highest BCUT2D eigenvalue weighted by Crippen LogP contribution is 2.29. The quantitative estimate of drug-likeness (QED) is 0.611. The number of hydrogen-bond acceptors (Lipinski definition) is 3. The predicted octanol–water partition coefficient (Wildman–Crippen LogP) is 5.14. The Morgan fingerprint density at radius 2 is 1.79 bits per heavy atom. The lowest BCUT2D eigenvalue weighted by molar-refractivity contribution is 0.867. The number of rotatable bonds is 2. The summed E-state index contributed by atoms with van der Waals surface area (Å²) in [6.07, 6.45) is 0. The first-order valence-corrected chi connectivity index (χ1v) is 7.42. The van der Waals surface area contributed by atoms with Gasteiger partial charge in [-0.3, -0.25) is 0 Å². The van der Waals surface area contributed by atoms with E-state index in [4.69, 9.17) is 11.6 Å². The van der Waals surface area contributed by atoms with Crippen molar-refractivity contribution in [1.29, 1.82) is 0 Å². The van der Waals surface area contributed by atoms with Gasteiger partial charge in [0.1, 0.15) is 0 Å². The summed E-state index contributed by atoms with van der Waals surface area (Å²) in [5, 5.41) is 2.51. The molecule has 0 atom stereocenters. The fourth-order valence-electron chi connectivity index (χ4n) is 1.97. The average molecular weight is 289 g/mol. The Hall–Kier alpha value is -1.45. The molecule has 0 aliphatic rings. The van der Waals surface area contributed by atoms with Crippen LogP contribution in [0, 0.1) is 0 Å². The molecule has 0 bridgehead atoms. The lowest BCUT2D eigenvalue weighted by Crippen LogP contribution is -1.91. The minimum absolute atomic E-state index is 0.526. The Balaban J connectivity index is 2.08. The average Bonchev–Trinajstić information content (AvgIpc) is 2.87. The van der Waals surface area contributed by atoms with Crippen LogP contribution in [0.1, 0.15) is 25.3 Å². The molecule has 96 valence electrons. The van der Waals surface area contributed by atoms with Gasteiger partial charge in [-0.1, -0.05) is 49.7 Å². The van der Waals surface area contributed by atoms with Crippen molar-refractivity contribution in [2.45, 2.75) is 19.8 Å². The first-order chi connectivity index (χ1) is 9.15. The molecule has 1 aromatic carbocycles. The van der Waals surface area contributed by atoms with E-state index in [-0.39, 0.29) is 0 Å². The Morgan fingerprint density at radius 1 is 1.05 bits per heavy atom. The van der Waals surface area contributed by atoms with Gasteiger partial charge in [0.15, 0.2) is 11.0 Å². The maximum atomic E-state index is 6.19. The normalized spacial score (nSPS) is 11.4. The summed E-state index contributed by atoms with van der Waals surface area (Å²) >= 11 is 7.76. The van der Waals surface area contributed by atoms with E-state index in [1.165, 1.54) is 5.56 Å². The lowest BCUT2D eigenvalue weighted by atomic mass is 10.0. The largest absolute Gasteiger partial charge is 0.227 e. The van der Waals surface area contributed by atoms with Crippen molar-refractivity contribution in [2.75, 3.05) is 0 Å². The molecule has 2 aromatic heterocycles. The summed E-state index contributed by atoms with van der Waals surface area (Å²) in [5.74, 6) is 1.21. The highest BCUT2D eigenvalue weighted by Gasteiger charge is 2.09. The van der Waals surface area contributed by atoms with Gasteiger partial charge in [-0.15, -0.1) is 11.3 Å². The van der Waals surface area contributed by atoms with Crippen LogP contribution in [0.4, 0.5) is 0 Å². The fourth-order valence-corrected chi connectivity index (χ4v) is 2.99. The van der Waals surface area contributed by atoms with Crippen LogP contribution in [0.3, 0.4) is 0 Å². The Kier molecular flexibility index (Phi) is 3.25. The van der Waals surface area contributed by atoms with Crippen molar-refractivity contribution in [2.24, 2.45) is 0 Å². The van der Waals surface area contributed by atoms with Crippen molar-refractivity contribution in [3.8, 4) is 11.4 Å². The summed E-state index contributed by atoms with van der Waals surface area (Å²) in [6.45, 7) is 4.36. The molecule has 4 heteroatoms. The van der Waals surface area contributed by atoms with Gasteiger partial charge in [-0.05, 0) is 22.9 Å². The van der Waals surface area contributed by atoms with Gasteiger partial charge in [0, 0.05) is 5.56 Å². The zero-order chi connectivity index (χ0) is 13.4. The van der Waals surface area contributed by atoms with Gasteiger partial charge >= 0.3 is 0 Å². The van der Waals surface area contributed by atoms with Crippen molar-refractivity contribution >= 4 is 33.2 Å². The maximum Gasteiger partial charge on any atom is 0.161 e. The van der Waals surface area contributed by atoms with Gasteiger partial charge in [0.05, 0.1) is 10.2 Å². The molecular weight excluding hydrogens is 276 g/mol. The SMILES string of the molecule is CC(C)c1ccc(-c2nc(Cl)c3sccc3n2)cc1. The smallest absolute Gasteiger partial charge is 0.161 e. The molecule has 0 saturated carbocycles. The topological polar surface area (TPSA) is 25.8 Å². The van der Waals surface area contributed by atoms with E-state index in [1.54, 1.807) is 11.3 Å². The molecule has 0 aliphatic carbocycles. The number of thiophene rings is 1. The number of hydrogen-bond donors (Lipinski definition) is 0. The Bertz CT molecular complexity index is 717. The number of aromatic nitrogens is 2. The molecule has 0 N–H and O–H groups in total. The van der Waals surface area contributed by atoms with Crippen LogP contribution in [-0.4, -0.2) is 9.97 Å². The van der Waals surface area contributed by atoms with Crippen LogP contribution < -0.4 is 0 Å². The summed E-state index contributed by atoms with van der Waals surface area (Å²) in [5.41, 5.74) is 3.22. The third kappa shape index (κ3) is 2.36. The molecule has 2 heterocycles. The predicted molar refractivity (Wildman–Crippen MR) is 82.0 cm³/mol. The van der Waals surface area contributed by atoms with Crippen LogP contribution in [-0.2, 0) is 0 Å². The van der Waals surface area contributed by atoms with Crippen molar-refractivity contribution in [1.82, 2.24) is 9.97 Å². The highest BCUT2D eigenvalue weighted by atomic mass is 35.5. The molecule has 0 fully saturated rings. The van der Waals surface area contributed by atoms with Gasteiger partial charge in [0.25, 0.3) is 0 Å². The van der Waals surface area contributed by atoms with Crippen LogP contribution in [0.25, 0.3) is 21.6 Å². The van der Waals surface area contributed by atoms with E-state index < -0.39 is 0 Å². The first kappa shape index (κ1) is 12.6. The van der Waals surface area contributed by atoms with Crippen LogP contribution in [0.15, 0.2) is 35.7 Å². The van der Waals surface area contributed by atoms with Gasteiger partial charge in [-0.25, -0.2) is 9.97 Å². The monoisotopic (exact) mass is 288 g/mol. The Morgan fingerprint density at radius 3 is 2.47 bits per heavy atom. The minimum atomic E-state index is 0.526. The zero-order valence-corrected chi connectivity index (χ0v) is 12.3. The van der Waals surface area contributed by atoms with E-state index in [0.29, 0.717) is 16.9 Å². The summed E-state index contributed by atoms with van der Waals surface area (Å²) in [6, 6.07) is 10.3. The second-order valence-electron chi connectivity index (χ2n) is 4.75. The molecule has 0 radical (unpaired) electrons. The van der Waals surface area contributed by atoms with Crippen LogP contribution >= 0.6 is 22.9 Å². The van der Waals surface area contributed by atoms with E-state index in [1.807, 2.05) is 11.4 Å². The molecule has 0 aliphatic heterocycles.